The van der Waals surface area contributed by atoms with Gasteiger partial charge in [0.2, 0.25) is 15.9 Å². The Morgan fingerprint density at radius 1 is 1.04 bits per heavy atom. The lowest BCUT2D eigenvalue weighted by atomic mass is 10.1. The van der Waals surface area contributed by atoms with Crippen LogP contribution in [0.25, 0.3) is 0 Å². The van der Waals surface area contributed by atoms with E-state index < -0.39 is 21.9 Å². The zero-order valence-electron chi connectivity index (χ0n) is 14.0. The van der Waals surface area contributed by atoms with Gasteiger partial charge in [-0.2, -0.15) is 4.72 Å². The van der Waals surface area contributed by atoms with Gasteiger partial charge in [0.05, 0.1) is 18.1 Å². The molecule has 0 bridgehead atoms. The predicted molar refractivity (Wildman–Crippen MR) is 93.3 cm³/mol. The molecule has 1 fully saturated rings. The fourth-order valence-electron chi connectivity index (χ4n) is 2.71. The molecule has 3 rings (SSSR count). The van der Waals surface area contributed by atoms with E-state index in [0.29, 0.717) is 31.9 Å². The second-order valence-corrected chi connectivity index (χ2v) is 7.57. The normalized spacial score (nSPS) is 16.3. The van der Waals surface area contributed by atoms with Crippen molar-refractivity contribution in [2.45, 2.75) is 10.9 Å². The van der Waals surface area contributed by atoms with Crippen molar-refractivity contribution in [2.75, 3.05) is 26.3 Å². The number of rotatable bonds is 5. The molecule has 1 saturated heterocycles. The van der Waals surface area contributed by atoms with E-state index in [2.05, 4.69) is 4.72 Å². The van der Waals surface area contributed by atoms with E-state index >= 15 is 0 Å². The maximum Gasteiger partial charge on any atom is 0.245 e. The second-order valence-electron chi connectivity index (χ2n) is 5.86. The van der Waals surface area contributed by atoms with Gasteiger partial charge in [0, 0.05) is 13.1 Å². The van der Waals surface area contributed by atoms with Gasteiger partial charge in [-0.15, -0.1) is 0 Å². The molecule has 1 aliphatic rings. The molecule has 0 unspecified atom stereocenters. The highest BCUT2D eigenvalue weighted by Crippen LogP contribution is 2.20. The monoisotopic (exact) mass is 378 g/mol. The number of amides is 1. The summed E-state index contributed by atoms with van der Waals surface area (Å²) >= 11 is 0. The van der Waals surface area contributed by atoms with E-state index in [0.717, 1.165) is 12.1 Å². The Morgan fingerprint density at radius 2 is 1.65 bits per heavy atom. The molecule has 2 aromatic rings. The number of sulfonamides is 1. The number of hydrogen-bond acceptors (Lipinski definition) is 4. The van der Waals surface area contributed by atoms with Crippen LogP contribution in [-0.4, -0.2) is 45.5 Å². The van der Waals surface area contributed by atoms with Gasteiger partial charge in [-0.3, -0.25) is 4.79 Å². The molecule has 0 radical (unpaired) electrons. The molecule has 2 aromatic carbocycles. The molecule has 0 saturated carbocycles. The first-order valence-electron chi connectivity index (χ1n) is 8.17. The molecule has 138 valence electrons. The van der Waals surface area contributed by atoms with Crippen LogP contribution in [0.15, 0.2) is 59.5 Å². The Hall–Kier alpha value is -2.29. The molecule has 8 heteroatoms. The molecular formula is C18H19FN2O4S. The summed E-state index contributed by atoms with van der Waals surface area (Å²) in [5.41, 5.74) is 0.537. The SMILES string of the molecule is O=C([C@@H](NS(=O)(=O)c1ccc(F)cc1)c1ccccc1)N1CCOCC1. The topological polar surface area (TPSA) is 75.7 Å². The van der Waals surface area contributed by atoms with E-state index in [1.807, 2.05) is 0 Å². The van der Waals surface area contributed by atoms with Crippen molar-refractivity contribution in [3.63, 3.8) is 0 Å². The highest BCUT2D eigenvalue weighted by molar-refractivity contribution is 7.89. The zero-order valence-corrected chi connectivity index (χ0v) is 14.8. The Balaban J connectivity index is 1.90. The standard InChI is InChI=1S/C18H19FN2O4S/c19-15-6-8-16(9-7-15)26(23,24)20-17(14-4-2-1-3-5-14)18(22)21-10-12-25-13-11-21/h1-9,17,20H,10-13H2/t17-/m0/s1. The summed E-state index contributed by atoms with van der Waals surface area (Å²) in [5, 5.41) is 0. The average molecular weight is 378 g/mol. The van der Waals surface area contributed by atoms with Gasteiger partial charge in [0.1, 0.15) is 11.9 Å². The number of ether oxygens (including phenoxy) is 1. The van der Waals surface area contributed by atoms with Crippen LogP contribution in [0.5, 0.6) is 0 Å². The molecule has 1 N–H and O–H groups in total. The fraction of sp³-hybridized carbons (Fsp3) is 0.278. The third-order valence-electron chi connectivity index (χ3n) is 4.10. The van der Waals surface area contributed by atoms with Gasteiger partial charge in [-0.1, -0.05) is 30.3 Å². The smallest absolute Gasteiger partial charge is 0.245 e. The first-order chi connectivity index (χ1) is 12.5. The average Bonchev–Trinajstić information content (AvgIpc) is 2.67. The van der Waals surface area contributed by atoms with Crippen molar-refractivity contribution in [3.05, 3.63) is 66.0 Å². The van der Waals surface area contributed by atoms with Gasteiger partial charge in [-0.05, 0) is 29.8 Å². The highest BCUT2D eigenvalue weighted by Gasteiger charge is 2.31. The summed E-state index contributed by atoms with van der Waals surface area (Å²) in [6.07, 6.45) is 0. The summed E-state index contributed by atoms with van der Waals surface area (Å²) in [7, 11) is -4.00. The Kier molecular flexibility index (Phi) is 5.65. The number of morpholine rings is 1. The van der Waals surface area contributed by atoms with Gasteiger partial charge in [0.15, 0.2) is 0 Å². The number of carbonyl (C=O) groups is 1. The zero-order chi connectivity index (χ0) is 18.6. The van der Waals surface area contributed by atoms with Crippen molar-refractivity contribution in [2.24, 2.45) is 0 Å². The predicted octanol–water partition coefficient (Wildman–Crippen LogP) is 1.70. The lowest BCUT2D eigenvalue weighted by Crippen LogP contribution is -2.47. The number of nitrogens with one attached hydrogen (secondary N) is 1. The number of benzene rings is 2. The highest BCUT2D eigenvalue weighted by atomic mass is 32.2. The van der Waals surface area contributed by atoms with Gasteiger partial charge in [0.25, 0.3) is 0 Å². The number of hydrogen-bond donors (Lipinski definition) is 1. The van der Waals surface area contributed by atoms with Crippen molar-refractivity contribution < 1.29 is 22.3 Å². The van der Waals surface area contributed by atoms with E-state index in [9.17, 15) is 17.6 Å². The lowest BCUT2D eigenvalue weighted by molar-refractivity contribution is -0.137. The summed E-state index contributed by atoms with van der Waals surface area (Å²) in [6, 6.07) is 12.0. The fourth-order valence-corrected chi connectivity index (χ4v) is 3.89. The molecule has 0 spiro atoms. The molecule has 6 nitrogen and oxygen atoms in total. The van der Waals surface area contributed by atoms with Gasteiger partial charge in [-0.25, -0.2) is 12.8 Å². The summed E-state index contributed by atoms with van der Waals surface area (Å²) < 4.78 is 46.2. The van der Waals surface area contributed by atoms with Crippen LogP contribution < -0.4 is 4.72 Å². The summed E-state index contributed by atoms with van der Waals surface area (Å²) in [6.45, 7) is 1.64. The molecule has 0 aromatic heterocycles. The number of halogens is 1. The lowest BCUT2D eigenvalue weighted by Gasteiger charge is -2.30. The first kappa shape index (κ1) is 18.5. The summed E-state index contributed by atoms with van der Waals surface area (Å²) in [5.74, 6) is -0.877. The minimum atomic E-state index is -4.00. The van der Waals surface area contributed by atoms with Crippen LogP contribution in [0, 0.1) is 5.82 Å². The quantitative estimate of drug-likeness (QED) is 0.859. The van der Waals surface area contributed by atoms with Crippen LogP contribution in [-0.2, 0) is 19.6 Å². The second kappa shape index (κ2) is 7.94. The molecule has 0 aliphatic carbocycles. The number of carbonyl (C=O) groups excluding carboxylic acids is 1. The van der Waals surface area contributed by atoms with E-state index in [1.54, 1.807) is 35.2 Å². The van der Waals surface area contributed by atoms with Crippen molar-refractivity contribution in [1.82, 2.24) is 9.62 Å². The van der Waals surface area contributed by atoms with E-state index in [-0.39, 0.29) is 10.8 Å². The molecule has 1 atom stereocenters. The minimum absolute atomic E-state index is 0.102. The molecule has 26 heavy (non-hydrogen) atoms. The third-order valence-corrected chi connectivity index (χ3v) is 5.54. The Bertz CT molecular complexity index is 851. The van der Waals surface area contributed by atoms with Crippen LogP contribution in [0.1, 0.15) is 11.6 Å². The maximum absolute atomic E-state index is 13.1. The van der Waals surface area contributed by atoms with Crippen molar-refractivity contribution in [1.29, 1.82) is 0 Å². The van der Waals surface area contributed by atoms with E-state index in [1.165, 1.54) is 12.1 Å². The number of nitrogens with zero attached hydrogens (tertiary/aromatic N) is 1. The maximum atomic E-state index is 13.1. The van der Waals surface area contributed by atoms with Crippen molar-refractivity contribution in [3.8, 4) is 0 Å². The Labute approximate surface area is 151 Å². The van der Waals surface area contributed by atoms with E-state index in [4.69, 9.17) is 4.74 Å². The van der Waals surface area contributed by atoms with Crippen LogP contribution in [0.4, 0.5) is 4.39 Å². The molecule has 1 heterocycles. The van der Waals surface area contributed by atoms with Crippen LogP contribution >= 0.6 is 0 Å². The molecule has 1 aliphatic heterocycles. The largest absolute Gasteiger partial charge is 0.378 e. The summed E-state index contributed by atoms with van der Waals surface area (Å²) in [4.78, 5) is 14.4. The van der Waals surface area contributed by atoms with Crippen molar-refractivity contribution >= 4 is 15.9 Å². The molecular weight excluding hydrogens is 359 g/mol. The first-order valence-corrected chi connectivity index (χ1v) is 9.65. The van der Waals surface area contributed by atoms with Crippen LogP contribution in [0.2, 0.25) is 0 Å². The molecule has 1 amide bonds. The third kappa shape index (κ3) is 4.27. The van der Waals surface area contributed by atoms with Crippen LogP contribution in [0.3, 0.4) is 0 Å². The minimum Gasteiger partial charge on any atom is -0.378 e. The van der Waals surface area contributed by atoms with Gasteiger partial charge >= 0.3 is 0 Å². The van der Waals surface area contributed by atoms with Gasteiger partial charge < -0.3 is 9.64 Å². The Morgan fingerprint density at radius 3 is 2.27 bits per heavy atom.